The van der Waals surface area contributed by atoms with Crippen molar-refractivity contribution in [2.45, 2.75) is 13.8 Å². The second-order valence-corrected chi connectivity index (χ2v) is 3.49. The molecule has 1 rings (SSSR count). The molecule has 0 fully saturated rings. The first-order valence-corrected chi connectivity index (χ1v) is 4.96. The second kappa shape index (κ2) is 5.25. The van der Waals surface area contributed by atoms with Gasteiger partial charge in [0.15, 0.2) is 11.6 Å². The summed E-state index contributed by atoms with van der Waals surface area (Å²) in [5, 5.41) is 2.43. The largest absolute Gasteiger partial charge is 0.453 e. The van der Waals surface area contributed by atoms with Gasteiger partial charge in [0.2, 0.25) is 0 Å². The first-order valence-electron chi connectivity index (χ1n) is 4.96. The van der Waals surface area contributed by atoms with E-state index in [0.717, 1.165) is 0 Å². The summed E-state index contributed by atoms with van der Waals surface area (Å²) in [5.74, 6) is -0.427. The highest BCUT2D eigenvalue weighted by Crippen LogP contribution is 2.17. The molecule has 0 bridgehead atoms. The zero-order valence-electron chi connectivity index (χ0n) is 9.87. The Kier molecular flexibility index (Phi) is 3.98. The van der Waals surface area contributed by atoms with E-state index in [-0.39, 0.29) is 17.1 Å². The lowest BCUT2D eigenvalue weighted by Crippen LogP contribution is -2.12. The minimum atomic E-state index is -0.630. The number of benzene rings is 1. The van der Waals surface area contributed by atoms with Crippen molar-refractivity contribution in [3.05, 3.63) is 29.3 Å². The zero-order valence-corrected chi connectivity index (χ0v) is 9.87. The van der Waals surface area contributed by atoms with Crippen molar-refractivity contribution in [3.8, 4) is 0 Å². The van der Waals surface area contributed by atoms with Crippen molar-refractivity contribution in [1.29, 1.82) is 0 Å². The third-order valence-electron chi connectivity index (χ3n) is 2.21. The fourth-order valence-corrected chi connectivity index (χ4v) is 1.39. The number of anilines is 1. The molecular weight excluding hydrogens is 222 g/mol. The summed E-state index contributed by atoms with van der Waals surface area (Å²) in [7, 11) is 1.24. The third kappa shape index (κ3) is 3.14. The van der Waals surface area contributed by atoms with Gasteiger partial charge in [-0.2, -0.15) is 0 Å². The van der Waals surface area contributed by atoms with Crippen LogP contribution < -0.4 is 5.32 Å². The van der Waals surface area contributed by atoms with Gasteiger partial charge < -0.3 is 4.74 Å². The molecule has 17 heavy (non-hydrogen) atoms. The fraction of sp³-hybridized carbons (Fsp3) is 0.250. The van der Waals surface area contributed by atoms with Gasteiger partial charge in [-0.15, -0.1) is 0 Å². The molecule has 0 aliphatic carbocycles. The van der Waals surface area contributed by atoms with Gasteiger partial charge in [-0.05, 0) is 32.0 Å². The number of hydrogen-bond donors (Lipinski definition) is 1. The molecule has 1 N–H and O–H groups in total. The van der Waals surface area contributed by atoms with Gasteiger partial charge in [-0.1, -0.05) is 0 Å². The molecular formula is C12H13NO4. The highest BCUT2D eigenvalue weighted by Gasteiger charge is 2.12. The predicted octanol–water partition coefficient (Wildman–Crippen LogP) is 2.27. The molecule has 90 valence electrons. The van der Waals surface area contributed by atoms with E-state index in [0.29, 0.717) is 11.3 Å². The summed E-state index contributed by atoms with van der Waals surface area (Å²) in [4.78, 5) is 33.7. The van der Waals surface area contributed by atoms with Crippen LogP contribution in [0.4, 0.5) is 10.5 Å². The molecule has 0 unspecified atom stereocenters. The lowest BCUT2D eigenvalue weighted by molar-refractivity contribution is 0.0981. The van der Waals surface area contributed by atoms with E-state index >= 15 is 0 Å². The molecule has 0 saturated carbocycles. The molecule has 5 nitrogen and oxygen atoms in total. The van der Waals surface area contributed by atoms with Crippen LogP contribution in [0.5, 0.6) is 0 Å². The summed E-state index contributed by atoms with van der Waals surface area (Å²) >= 11 is 0. The average molecular weight is 235 g/mol. The summed E-state index contributed by atoms with van der Waals surface area (Å²) in [6, 6.07) is 4.50. The highest BCUT2D eigenvalue weighted by atomic mass is 16.5. The maximum absolute atomic E-state index is 11.4. The van der Waals surface area contributed by atoms with Gasteiger partial charge in [0, 0.05) is 16.8 Å². The summed E-state index contributed by atoms with van der Waals surface area (Å²) in [5.41, 5.74) is 1.03. The van der Waals surface area contributed by atoms with Crippen molar-refractivity contribution in [2.24, 2.45) is 0 Å². The van der Waals surface area contributed by atoms with Crippen LogP contribution in [0.15, 0.2) is 18.2 Å². The minimum Gasteiger partial charge on any atom is -0.453 e. The summed E-state index contributed by atoms with van der Waals surface area (Å²) in [6.45, 7) is 2.75. The molecule has 0 saturated heterocycles. The molecule has 0 aromatic heterocycles. The minimum absolute atomic E-state index is 0.195. The smallest absolute Gasteiger partial charge is 0.411 e. The Balaban J connectivity index is 3.14. The van der Waals surface area contributed by atoms with E-state index < -0.39 is 6.09 Å². The van der Waals surface area contributed by atoms with Gasteiger partial charge >= 0.3 is 6.09 Å². The maximum atomic E-state index is 11.4. The van der Waals surface area contributed by atoms with Crippen LogP contribution in [0.25, 0.3) is 0 Å². The van der Waals surface area contributed by atoms with Crippen molar-refractivity contribution >= 4 is 23.3 Å². The van der Waals surface area contributed by atoms with Crippen molar-refractivity contribution in [2.75, 3.05) is 12.4 Å². The molecule has 0 radical (unpaired) electrons. The van der Waals surface area contributed by atoms with Crippen molar-refractivity contribution < 1.29 is 19.1 Å². The number of hydrogen-bond acceptors (Lipinski definition) is 4. The van der Waals surface area contributed by atoms with Crippen molar-refractivity contribution in [1.82, 2.24) is 0 Å². The topological polar surface area (TPSA) is 72.5 Å². The maximum Gasteiger partial charge on any atom is 0.411 e. The Morgan fingerprint density at radius 2 is 1.65 bits per heavy atom. The third-order valence-corrected chi connectivity index (χ3v) is 2.21. The molecule has 1 aromatic rings. The van der Waals surface area contributed by atoms with Crippen LogP contribution in [0.3, 0.4) is 0 Å². The monoisotopic (exact) mass is 235 g/mol. The van der Waals surface area contributed by atoms with Crippen LogP contribution in [0, 0.1) is 0 Å². The quantitative estimate of drug-likeness (QED) is 0.815. The molecule has 0 spiro atoms. The zero-order chi connectivity index (χ0) is 13.0. The number of carbonyl (C=O) groups is 3. The number of methoxy groups -OCH3 is 1. The molecule has 0 aliphatic heterocycles. The van der Waals surface area contributed by atoms with E-state index in [1.54, 1.807) is 6.07 Å². The van der Waals surface area contributed by atoms with E-state index in [2.05, 4.69) is 10.1 Å². The van der Waals surface area contributed by atoms with Crippen molar-refractivity contribution in [3.63, 3.8) is 0 Å². The standard InChI is InChI=1S/C12H13NO4/c1-7(14)10-5-4-9(13-12(16)17-3)6-11(10)8(2)15/h4-6H,1-3H3,(H,13,16). The number of carbonyl (C=O) groups excluding carboxylic acids is 3. The van der Waals surface area contributed by atoms with Crippen LogP contribution in [0.1, 0.15) is 34.6 Å². The second-order valence-electron chi connectivity index (χ2n) is 3.49. The van der Waals surface area contributed by atoms with Gasteiger partial charge in [0.05, 0.1) is 7.11 Å². The molecule has 0 aliphatic rings. The lowest BCUT2D eigenvalue weighted by Gasteiger charge is -2.08. The normalized spacial score (nSPS) is 9.59. The Hall–Kier alpha value is -2.17. The van der Waals surface area contributed by atoms with Crippen LogP contribution >= 0.6 is 0 Å². The Morgan fingerprint density at radius 1 is 1.06 bits per heavy atom. The van der Waals surface area contributed by atoms with Gasteiger partial charge in [-0.3, -0.25) is 14.9 Å². The number of ether oxygens (including phenoxy) is 1. The van der Waals surface area contributed by atoms with E-state index in [4.69, 9.17) is 0 Å². The number of nitrogens with one attached hydrogen (secondary N) is 1. The Bertz CT molecular complexity index is 479. The highest BCUT2D eigenvalue weighted by molar-refractivity contribution is 6.08. The number of rotatable bonds is 3. The SMILES string of the molecule is COC(=O)Nc1ccc(C(C)=O)c(C(C)=O)c1. The van der Waals surface area contributed by atoms with Gasteiger partial charge in [0.25, 0.3) is 0 Å². The number of Topliss-reactive ketones (excluding diaryl/α,β-unsaturated/α-hetero) is 2. The van der Waals surface area contributed by atoms with E-state index in [1.165, 1.54) is 33.1 Å². The van der Waals surface area contributed by atoms with E-state index in [9.17, 15) is 14.4 Å². The molecule has 5 heteroatoms. The van der Waals surface area contributed by atoms with Crippen LogP contribution in [0.2, 0.25) is 0 Å². The predicted molar refractivity (Wildman–Crippen MR) is 62.5 cm³/mol. The molecule has 1 amide bonds. The molecule has 0 atom stereocenters. The molecule has 1 aromatic carbocycles. The van der Waals surface area contributed by atoms with Gasteiger partial charge in [0.1, 0.15) is 0 Å². The summed E-state index contributed by atoms with van der Waals surface area (Å²) in [6.07, 6.45) is -0.630. The summed E-state index contributed by atoms with van der Waals surface area (Å²) < 4.78 is 4.43. The fourth-order valence-electron chi connectivity index (χ4n) is 1.39. The van der Waals surface area contributed by atoms with Crippen LogP contribution in [-0.4, -0.2) is 24.8 Å². The number of amides is 1. The average Bonchev–Trinajstić information content (AvgIpc) is 2.28. The van der Waals surface area contributed by atoms with E-state index in [1.807, 2.05) is 0 Å². The lowest BCUT2D eigenvalue weighted by atomic mass is 10.0. The Labute approximate surface area is 98.8 Å². The first-order chi connectivity index (χ1) is 7.95. The molecule has 0 heterocycles. The van der Waals surface area contributed by atoms with Gasteiger partial charge in [-0.25, -0.2) is 4.79 Å². The first kappa shape index (κ1) is 12.9. The Morgan fingerprint density at radius 3 is 2.12 bits per heavy atom. The van der Waals surface area contributed by atoms with Crippen LogP contribution in [-0.2, 0) is 4.74 Å². The number of ketones is 2.